The Balaban J connectivity index is 2.17. The van der Waals surface area contributed by atoms with Crippen LogP contribution < -0.4 is 5.73 Å². The van der Waals surface area contributed by atoms with Gasteiger partial charge in [0.05, 0.1) is 0 Å². The predicted octanol–water partition coefficient (Wildman–Crippen LogP) is 3.36. The molecule has 0 fully saturated rings. The van der Waals surface area contributed by atoms with Crippen molar-refractivity contribution in [2.75, 3.05) is 0 Å². The van der Waals surface area contributed by atoms with Gasteiger partial charge in [0.15, 0.2) is 11.5 Å². The number of primary amides is 1. The lowest BCUT2D eigenvalue weighted by Crippen LogP contribution is -2.11. The molecule has 0 aliphatic heterocycles. The minimum Gasteiger partial charge on any atom is -0.443 e. The number of hydrogen-bond donors (Lipinski definition) is 1. The fraction of sp³-hybridized carbons (Fsp3) is 0.188. The van der Waals surface area contributed by atoms with Crippen molar-refractivity contribution < 1.29 is 18.1 Å². The molecule has 3 rings (SSSR count). The molecule has 0 aliphatic rings. The van der Waals surface area contributed by atoms with E-state index in [-0.39, 0.29) is 23.3 Å². The summed E-state index contributed by atoms with van der Waals surface area (Å²) in [6.07, 6.45) is 1.18. The summed E-state index contributed by atoms with van der Waals surface area (Å²) in [6.45, 7) is 3.85. The second kappa shape index (κ2) is 5.68. The van der Waals surface area contributed by atoms with E-state index >= 15 is 0 Å². The van der Waals surface area contributed by atoms with Gasteiger partial charge in [-0.15, -0.1) is 0 Å². The molecule has 0 aliphatic carbocycles. The van der Waals surface area contributed by atoms with Gasteiger partial charge in [0.1, 0.15) is 23.3 Å². The average molecular weight is 315 g/mol. The van der Waals surface area contributed by atoms with Crippen LogP contribution in [-0.4, -0.2) is 16.0 Å². The molecule has 2 heterocycles. The van der Waals surface area contributed by atoms with Gasteiger partial charge in [0, 0.05) is 11.5 Å². The third-order valence-electron chi connectivity index (χ3n) is 3.33. The average Bonchev–Trinajstić information content (AvgIpc) is 3.14. The molecule has 0 saturated carbocycles. The number of hydrogen-bond acceptors (Lipinski definition) is 5. The summed E-state index contributed by atoms with van der Waals surface area (Å²) in [4.78, 5) is 15.3. The Hall–Kier alpha value is -2.96. The first-order valence-corrected chi connectivity index (χ1v) is 6.98. The Kier molecular flexibility index (Phi) is 3.69. The summed E-state index contributed by atoms with van der Waals surface area (Å²) < 4.78 is 23.9. The molecule has 1 amide bonds. The van der Waals surface area contributed by atoms with Crippen LogP contribution in [0.1, 0.15) is 36.0 Å². The predicted molar refractivity (Wildman–Crippen MR) is 80.0 cm³/mol. The fourth-order valence-corrected chi connectivity index (χ4v) is 2.21. The molecular weight excluding hydrogens is 301 g/mol. The standard InChI is InChI=1S/C16H14FN3O3/c1-8(2)14-12(16-19-11(7-22-16)15(18)21)13(20-23-14)9-3-5-10(17)6-4-9/h3-8H,1-2H3,(H2,18,21). The summed E-state index contributed by atoms with van der Waals surface area (Å²) in [6, 6.07) is 5.82. The lowest BCUT2D eigenvalue weighted by atomic mass is 10.0. The van der Waals surface area contributed by atoms with Crippen LogP contribution >= 0.6 is 0 Å². The molecule has 2 N–H and O–H groups in total. The van der Waals surface area contributed by atoms with Crippen LogP contribution in [0.5, 0.6) is 0 Å². The Morgan fingerprint density at radius 2 is 1.96 bits per heavy atom. The van der Waals surface area contributed by atoms with Crippen molar-refractivity contribution in [2.24, 2.45) is 5.73 Å². The highest BCUT2D eigenvalue weighted by atomic mass is 19.1. The van der Waals surface area contributed by atoms with Crippen LogP contribution in [0, 0.1) is 5.82 Å². The molecule has 2 aromatic heterocycles. The zero-order valence-corrected chi connectivity index (χ0v) is 12.5. The van der Waals surface area contributed by atoms with Gasteiger partial charge in [-0.3, -0.25) is 4.79 Å². The summed E-state index contributed by atoms with van der Waals surface area (Å²) in [5.41, 5.74) is 6.86. The molecular formula is C16H14FN3O3. The molecule has 1 aromatic carbocycles. The van der Waals surface area contributed by atoms with Crippen molar-refractivity contribution >= 4 is 5.91 Å². The number of nitrogens with two attached hydrogens (primary N) is 1. The number of carbonyl (C=O) groups is 1. The first-order valence-electron chi connectivity index (χ1n) is 6.98. The molecule has 7 heteroatoms. The maximum absolute atomic E-state index is 13.1. The molecule has 0 radical (unpaired) electrons. The first-order chi connectivity index (χ1) is 11.0. The molecule has 0 atom stereocenters. The smallest absolute Gasteiger partial charge is 0.270 e. The van der Waals surface area contributed by atoms with Crippen molar-refractivity contribution in [1.82, 2.24) is 10.1 Å². The maximum atomic E-state index is 13.1. The van der Waals surface area contributed by atoms with Crippen LogP contribution in [0.25, 0.3) is 22.7 Å². The minimum atomic E-state index is -0.689. The van der Waals surface area contributed by atoms with Crippen molar-refractivity contribution in [1.29, 1.82) is 0 Å². The van der Waals surface area contributed by atoms with Crippen molar-refractivity contribution in [3.63, 3.8) is 0 Å². The maximum Gasteiger partial charge on any atom is 0.270 e. The highest BCUT2D eigenvalue weighted by molar-refractivity contribution is 5.91. The van der Waals surface area contributed by atoms with Gasteiger partial charge in [-0.05, 0) is 24.3 Å². The number of carbonyl (C=O) groups excluding carboxylic acids is 1. The van der Waals surface area contributed by atoms with Gasteiger partial charge in [0.2, 0.25) is 5.89 Å². The van der Waals surface area contributed by atoms with E-state index in [1.165, 1.54) is 18.4 Å². The topological polar surface area (TPSA) is 95.1 Å². The molecule has 3 aromatic rings. The SMILES string of the molecule is CC(C)c1onc(-c2ccc(F)cc2)c1-c1nc(C(N)=O)co1. The Labute approximate surface area is 131 Å². The van der Waals surface area contributed by atoms with Gasteiger partial charge in [-0.1, -0.05) is 19.0 Å². The summed E-state index contributed by atoms with van der Waals surface area (Å²) in [7, 11) is 0. The molecule has 0 bridgehead atoms. The van der Waals surface area contributed by atoms with Crippen molar-refractivity contribution in [2.45, 2.75) is 19.8 Å². The number of halogens is 1. The summed E-state index contributed by atoms with van der Waals surface area (Å²) >= 11 is 0. The third-order valence-corrected chi connectivity index (χ3v) is 3.33. The van der Waals surface area contributed by atoms with Crippen LogP contribution in [-0.2, 0) is 0 Å². The Morgan fingerprint density at radius 3 is 2.52 bits per heavy atom. The summed E-state index contributed by atoms with van der Waals surface area (Å²) in [5.74, 6) is -0.290. The van der Waals surface area contributed by atoms with E-state index in [9.17, 15) is 9.18 Å². The van der Waals surface area contributed by atoms with Gasteiger partial charge >= 0.3 is 0 Å². The lowest BCUT2D eigenvalue weighted by molar-refractivity contribution is 0.0995. The van der Waals surface area contributed by atoms with Gasteiger partial charge in [0.25, 0.3) is 5.91 Å². The van der Waals surface area contributed by atoms with E-state index in [1.807, 2.05) is 13.8 Å². The molecule has 23 heavy (non-hydrogen) atoms. The van der Waals surface area contributed by atoms with Crippen molar-refractivity contribution in [3.8, 4) is 22.7 Å². The van der Waals surface area contributed by atoms with E-state index in [0.29, 0.717) is 22.6 Å². The molecule has 0 saturated heterocycles. The number of amides is 1. The normalized spacial score (nSPS) is 11.1. The van der Waals surface area contributed by atoms with Gasteiger partial charge < -0.3 is 14.7 Å². The lowest BCUT2D eigenvalue weighted by Gasteiger charge is -2.03. The quantitative estimate of drug-likeness (QED) is 0.796. The number of benzene rings is 1. The number of oxazole rings is 1. The molecule has 118 valence electrons. The largest absolute Gasteiger partial charge is 0.443 e. The second-order valence-electron chi connectivity index (χ2n) is 5.33. The number of nitrogens with zero attached hydrogens (tertiary/aromatic N) is 2. The zero-order chi connectivity index (χ0) is 16.6. The van der Waals surface area contributed by atoms with Crippen molar-refractivity contribution in [3.05, 3.63) is 47.8 Å². The fourth-order valence-electron chi connectivity index (χ4n) is 2.21. The van der Waals surface area contributed by atoms with E-state index in [1.54, 1.807) is 12.1 Å². The second-order valence-corrected chi connectivity index (χ2v) is 5.33. The van der Waals surface area contributed by atoms with Crippen LogP contribution in [0.2, 0.25) is 0 Å². The highest BCUT2D eigenvalue weighted by Gasteiger charge is 2.25. The molecule has 0 spiro atoms. The van der Waals surface area contributed by atoms with E-state index in [4.69, 9.17) is 14.7 Å². The van der Waals surface area contributed by atoms with Crippen LogP contribution in [0.15, 0.2) is 39.5 Å². The number of rotatable bonds is 4. The van der Waals surface area contributed by atoms with E-state index in [2.05, 4.69) is 10.1 Å². The molecule has 0 unspecified atom stereocenters. The number of aromatic nitrogens is 2. The highest BCUT2D eigenvalue weighted by Crippen LogP contribution is 2.37. The van der Waals surface area contributed by atoms with Crippen LogP contribution in [0.4, 0.5) is 4.39 Å². The third kappa shape index (κ3) is 2.73. The van der Waals surface area contributed by atoms with Crippen LogP contribution in [0.3, 0.4) is 0 Å². The first kappa shape index (κ1) is 15.0. The Bertz CT molecular complexity index is 850. The monoisotopic (exact) mass is 315 g/mol. The Morgan fingerprint density at radius 1 is 1.26 bits per heavy atom. The van der Waals surface area contributed by atoms with Gasteiger partial charge in [-0.25, -0.2) is 9.37 Å². The minimum absolute atomic E-state index is 0.00984. The van der Waals surface area contributed by atoms with E-state index < -0.39 is 5.91 Å². The summed E-state index contributed by atoms with van der Waals surface area (Å²) in [5, 5.41) is 4.05. The molecule has 6 nitrogen and oxygen atoms in total. The van der Waals surface area contributed by atoms with E-state index in [0.717, 1.165) is 0 Å². The van der Waals surface area contributed by atoms with Gasteiger partial charge in [-0.2, -0.15) is 0 Å². The zero-order valence-electron chi connectivity index (χ0n) is 12.5.